The molecule has 0 spiro atoms. The third kappa shape index (κ3) is 14.9. The summed E-state index contributed by atoms with van der Waals surface area (Å²) in [6.45, 7) is 14.8. The number of nitrogens with one attached hydrogen (secondary N) is 3. The number of esters is 2. The Balaban J connectivity index is 0.000000250. The van der Waals surface area contributed by atoms with E-state index in [0.717, 1.165) is 0 Å². The van der Waals surface area contributed by atoms with Crippen molar-refractivity contribution in [1.29, 1.82) is 0 Å². The van der Waals surface area contributed by atoms with Crippen molar-refractivity contribution in [2.24, 2.45) is 11.8 Å². The highest BCUT2D eigenvalue weighted by Gasteiger charge is 2.27. The van der Waals surface area contributed by atoms with Crippen molar-refractivity contribution in [3.05, 3.63) is 96.0 Å². The van der Waals surface area contributed by atoms with E-state index in [1.165, 1.54) is 35.5 Å². The van der Waals surface area contributed by atoms with Crippen LogP contribution < -0.4 is 16.0 Å². The Morgan fingerprint density at radius 3 is 1.72 bits per heavy atom. The number of hydrogen-bond donors (Lipinski definition) is 3. The fourth-order valence-corrected chi connectivity index (χ4v) is 6.09. The molecule has 0 fully saturated rings. The first-order chi connectivity index (χ1) is 31.1. The summed E-state index contributed by atoms with van der Waals surface area (Å²) < 4.78 is 54.8. The zero-order valence-electron chi connectivity index (χ0n) is 37.7. The molecule has 0 aliphatic heterocycles. The van der Waals surface area contributed by atoms with Crippen LogP contribution in [0.1, 0.15) is 71.6 Å². The Morgan fingerprint density at radius 2 is 1.23 bits per heavy atom. The molecule has 1 amide bonds. The van der Waals surface area contributed by atoms with Gasteiger partial charge in [-0.2, -0.15) is 0 Å². The fourth-order valence-electron chi connectivity index (χ4n) is 6.09. The smallest absolute Gasteiger partial charge is 0.410 e. The molecular weight excluding hydrogens is 847 g/mol. The van der Waals surface area contributed by atoms with Gasteiger partial charge in [-0.3, -0.25) is 19.6 Å². The highest BCUT2D eigenvalue weighted by atomic mass is 19.1. The molecule has 6 aromatic heterocycles. The number of aromatic nitrogens is 6. The van der Waals surface area contributed by atoms with Gasteiger partial charge in [0.2, 0.25) is 0 Å². The second-order valence-electron chi connectivity index (χ2n) is 15.7. The van der Waals surface area contributed by atoms with E-state index < -0.39 is 23.4 Å². The quantitative estimate of drug-likeness (QED) is 0.0397. The van der Waals surface area contributed by atoms with Gasteiger partial charge in [0.05, 0.1) is 49.5 Å². The maximum atomic E-state index is 13.9. The van der Waals surface area contributed by atoms with Crippen molar-refractivity contribution in [2.45, 2.75) is 80.0 Å². The van der Waals surface area contributed by atoms with Crippen molar-refractivity contribution < 1.29 is 46.2 Å². The zero-order valence-corrected chi connectivity index (χ0v) is 37.7. The summed E-state index contributed by atoms with van der Waals surface area (Å²) in [5.74, 6) is -0.295. The molecule has 0 aliphatic rings. The summed E-state index contributed by atoms with van der Waals surface area (Å²) >= 11 is 0. The number of nitrogens with zero attached hydrogens (tertiary/aromatic N) is 7. The number of oxazole rings is 2. The molecule has 0 aromatic carbocycles. The van der Waals surface area contributed by atoms with Crippen LogP contribution >= 0.6 is 0 Å². The minimum Gasteiger partial charge on any atom is -0.466 e. The first-order valence-corrected chi connectivity index (χ1v) is 21.3. The number of halogens is 2. The lowest BCUT2D eigenvalue weighted by Crippen LogP contribution is -2.42. The summed E-state index contributed by atoms with van der Waals surface area (Å²) in [5, 5.41) is 9.31. The Labute approximate surface area is 375 Å². The first-order valence-electron chi connectivity index (χ1n) is 21.3. The number of anilines is 2. The van der Waals surface area contributed by atoms with E-state index in [9.17, 15) is 23.2 Å². The van der Waals surface area contributed by atoms with Crippen LogP contribution in [0, 0.1) is 23.5 Å². The molecule has 6 aromatic rings. The average Bonchev–Trinajstić information content (AvgIpc) is 3.90. The topological polar surface area (TPSA) is 222 Å². The predicted octanol–water partition coefficient (Wildman–Crippen LogP) is 7.05. The van der Waals surface area contributed by atoms with Gasteiger partial charge < -0.3 is 43.9 Å². The Morgan fingerprint density at radius 1 is 0.723 bits per heavy atom. The van der Waals surface area contributed by atoms with Crippen LogP contribution in [0.15, 0.2) is 70.0 Å². The minimum atomic E-state index is -0.695. The number of fused-ring (bicyclic) bond motifs is 2. The van der Waals surface area contributed by atoms with Crippen LogP contribution in [0.25, 0.3) is 22.2 Å². The van der Waals surface area contributed by atoms with Gasteiger partial charge in [0.15, 0.2) is 45.6 Å². The molecule has 0 aliphatic carbocycles. The molecule has 2 atom stereocenters. The van der Waals surface area contributed by atoms with E-state index in [1.54, 1.807) is 72.1 Å². The van der Waals surface area contributed by atoms with Gasteiger partial charge in [0, 0.05) is 75.9 Å². The van der Waals surface area contributed by atoms with Gasteiger partial charge in [-0.15, -0.1) is 0 Å². The Kier molecular flexibility index (Phi) is 18.0. The van der Waals surface area contributed by atoms with Crippen molar-refractivity contribution in [2.75, 3.05) is 50.0 Å². The molecule has 348 valence electrons. The number of hydrogen-bond acceptors (Lipinski definition) is 17. The van der Waals surface area contributed by atoms with Crippen molar-refractivity contribution in [3.63, 3.8) is 0 Å². The van der Waals surface area contributed by atoms with Crippen LogP contribution in [0.4, 0.5) is 25.2 Å². The Hall–Kier alpha value is -6.83. The third-order valence-electron chi connectivity index (χ3n) is 9.30. The van der Waals surface area contributed by atoms with Crippen molar-refractivity contribution in [1.82, 2.24) is 40.1 Å². The zero-order chi connectivity index (χ0) is 46.9. The molecule has 65 heavy (non-hydrogen) atoms. The number of pyridine rings is 4. The molecule has 0 saturated carbocycles. The second kappa shape index (κ2) is 23.7. The normalized spacial score (nSPS) is 12.2. The SMILES string of the molecule is CCOC(=O)C(C)CN(CCc1nc2c(NCc3ncccc3F)nccc2o1)C(=O)OC(C)(C)C.CCOC(=O)C(C)CNCCc1nc2c(NCc3ncccc3F)nccc2o1. The van der Waals surface area contributed by atoms with Crippen LogP contribution in [0.5, 0.6) is 0 Å². The average molecular weight is 903 g/mol. The maximum absolute atomic E-state index is 13.9. The molecule has 0 saturated heterocycles. The standard InChI is InChI=1S/C25H32FN5O5.C20H24FN5O3/c1-6-34-23(32)16(2)15-31(24(33)36-25(3,4)5)13-10-20-30-21-19(35-20)9-12-28-22(21)29-14-18-17(26)8-7-11-27-18;1-3-28-20(27)13(2)11-22-9-7-17-26-18-16(29-17)6-10-24-19(18)25-12-15-14(21)5-4-8-23-15/h7-9,11-12,16H,6,10,13-15H2,1-5H3,(H,28,29);4-6,8,10,13,22H,3,7,9,11-12H2,1-2H3,(H,24,25). The molecule has 6 heterocycles. The minimum absolute atomic E-state index is 0.123. The van der Waals surface area contributed by atoms with Crippen molar-refractivity contribution >= 4 is 51.9 Å². The van der Waals surface area contributed by atoms with E-state index in [1.807, 2.05) is 6.92 Å². The highest BCUT2D eigenvalue weighted by Crippen LogP contribution is 2.24. The van der Waals surface area contributed by atoms with Gasteiger partial charge in [0.1, 0.15) is 17.2 Å². The second-order valence-corrected chi connectivity index (χ2v) is 15.7. The van der Waals surface area contributed by atoms with Gasteiger partial charge in [-0.1, -0.05) is 13.8 Å². The summed E-state index contributed by atoms with van der Waals surface area (Å²) in [6.07, 6.45) is 6.50. The van der Waals surface area contributed by atoms with Crippen LogP contribution in [-0.4, -0.2) is 97.8 Å². The molecule has 3 N–H and O–H groups in total. The molecule has 18 nitrogen and oxygen atoms in total. The van der Waals surface area contributed by atoms with Crippen LogP contribution in [0.2, 0.25) is 0 Å². The lowest BCUT2D eigenvalue weighted by Gasteiger charge is -2.28. The summed E-state index contributed by atoms with van der Waals surface area (Å²) in [7, 11) is 0. The van der Waals surface area contributed by atoms with Crippen molar-refractivity contribution in [3.8, 4) is 0 Å². The molecule has 2 unspecified atom stereocenters. The first kappa shape index (κ1) is 49.2. The van der Waals surface area contributed by atoms with E-state index in [4.69, 9.17) is 23.0 Å². The summed E-state index contributed by atoms with van der Waals surface area (Å²) in [5.41, 5.74) is 2.01. The maximum Gasteiger partial charge on any atom is 0.410 e. The van der Waals surface area contributed by atoms with Crippen LogP contribution in [0.3, 0.4) is 0 Å². The molecule has 20 heteroatoms. The molecule has 0 bridgehead atoms. The van der Waals surface area contributed by atoms with Gasteiger partial charge in [0.25, 0.3) is 0 Å². The monoisotopic (exact) mass is 902 g/mol. The molecular formula is C45H56F2N10O8. The lowest BCUT2D eigenvalue weighted by molar-refractivity contribution is -0.148. The van der Waals surface area contributed by atoms with E-state index in [0.29, 0.717) is 77.4 Å². The van der Waals surface area contributed by atoms with Gasteiger partial charge in [-0.25, -0.2) is 33.5 Å². The number of amides is 1. The lowest BCUT2D eigenvalue weighted by atomic mass is 10.1. The third-order valence-corrected chi connectivity index (χ3v) is 9.30. The van der Waals surface area contributed by atoms with Gasteiger partial charge >= 0.3 is 18.0 Å². The highest BCUT2D eigenvalue weighted by molar-refractivity contribution is 5.84. The van der Waals surface area contributed by atoms with E-state index >= 15 is 0 Å². The van der Waals surface area contributed by atoms with E-state index in [2.05, 4.69) is 45.9 Å². The molecule has 6 rings (SSSR count). The Bertz CT molecular complexity index is 2490. The summed E-state index contributed by atoms with van der Waals surface area (Å²) in [4.78, 5) is 63.6. The number of rotatable bonds is 20. The number of carbonyl (C=O) groups is 3. The van der Waals surface area contributed by atoms with E-state index in [-0.39, 0.29) is 68.6 Å². The fraction of sp³-hybridized carbons (Fsp3) is 0.444. The van der Waals surface area contributed by atoms with Crippen LogP contribution in [-0.2, 0) is 49.7 Å². The number of carbonyl (C=O) groups excluding carboxylic acids is 3. The molecule has 0 radical (unpaired) electrons. The number of ether oxygens (including phenoxy) is 3. The van der Waals surface area contributed by atoms with Gasteiger partial charge in [-0.05, 0) is 58.9 Å². The summed E-state index contributed by atoms with van der Waals surface area (Å²) in [6, 6.07) is 9.17. The largest absolute Gasteiger partial charge is 0.466 e. The predicted molar refractivity (Wildman–Crippen MR) is 236 cm³/mol.